The highest BCUT2D eigenvalue weighted by Gasteiger charge is 2.26. The van der Waals surface area contributed by atoms with Gasteiger partial charge in [-0.1, -0.05) is 24.4 Å². The monoisotopic (exact) mass is 280 g/mol. The highest BCUT2D eigenvalue weighted by atomic mass is 32.2. The zero-order valence-corrected chi connectivity index (χ0v) is 12.0. The van der Waals surface area contributed by atoms with Crippen molar-refractivity contribution in [1.29, 1.82) is 0 Å². The van der Waals surface area contributed by atoms with Gasteiger partial charge in [-0.15, -0.1) is 0 Å². The fraction of sp³-hybridized carbons (Fsp3) is 0.786. The second-order valence-electron chi connectivity index (χ2n) is 5.53. The molecule has 1 saturated carbocycles. The number of Topliss-reactive ketones (excluding diaryl/α,β-unsaturated/α-hetero) is 1. The van der Waals surface area contributed by atoms with Crippen molar-refractivity contribution in [1.82, 2.24) is 10.1 Å². The summed E-state index contributed by atoms with van der Waals surface area (Å²) >= 11 is 1.90. The first-order chi connectivity index (χ1) is 9.33. The number of rotatable bonds is 4. The Hall–Kier alpha value is -0.840. The summed E-state index contributed by atoms with van der Waals surface area (Å²) in [6.07, 6.45) is 8.43. The SMILES string of the molecule is O=C(Cc1nc(C2CCCCS2)no1)C1CCCC1. The fourth-order valence-corrected chi connectivity index (χ4v) is 4.19. The summed E-state index contributed by atoms with van der Waals surface area (Å²) in [5.74, 6) is 3.00. The highest BCUT2D eigenvalue weighted by Crippen LogP contribution is 2.36. The van der Waals surface area contributed by atoms with Crippen molar-refractivity contribution in [3.8, 4) is 0 Å². The van der Waals surface area contributed by atoms with Crippen LogP contribution in [0.4, 0.5) is 0 Å². The van der Waals surface area contributed by atoms with Gasteiger partial charge in [-0.05, 0) is 31.4 Å². The quantitative estimate of drug-likeness (QED) is 0.846. The van der Waals surface area contributed by atoms with Gasteiger partial charge in [-0.3, -0.25) is 4.79 Å². The molecule has 2 aliphatic rings. The van der Waals surface area contributed by atoms with Gasteiger partial charge in [-0.25, -0.2) is 0 Å². The van der Waals surface area contributed by atoms with Crippen molar-refractivity contribution in [3.63, 3.8) is 0 Å². The number of carbonyl (C=O) groups excluding carboxylic acids is 1. The van der Waals surface area contributed by atoms with Gasteiger partial charge in [-0.2, -0.15) is 16.7 Å². The first kappa shape index (κ1) is 13.2. The molecule has 1 aromatic heterocycles. The lowest BCUT2D eigenvalue weighted by Crippen LogP contribution is -2.13. The predicted molar refractivity (Wildman–Crippen MR) is 74.0 cm³/mol. The summed E-state index contributed by atoms with van der Waals surface area (Å²) in [4.78, 5) is 16.5. The number of aromatic nitrogens is 2. The topological polar surface area (TPSA) is 56.0 Å². The molecule has 1 atom stereocenters. The molecule has 2 fully saturated rings. The molecule has 2 heterocycles. The van der Waals surface area contributed by atoms with E-state index < -0.39 is 0 Å². The summed E-state index contributed by atoms with van der Waals surface area (Å²) in [6, 6.07) is 0. The maximum Gasteiger partial charge on any atom is 0.234 e. The van der Waals surface area contributed by atoms with Crippen LogP contribution in [-0.2, 0) is 11.2 Å². The van der Waals surface area contributed by atoms with Gasteiger partial charge < -0.3 is 4.52 Å². The Bertz CT molecular complexity index is 434. The molecule has 4 nitrogen and oxygen atoms in total. The van der Waals surface area contributed by atoms with E-state index in [-0.39, 0.29) is 11.7 Å². The average molecular weight is 280 g/mol. The molecule has 1 aliphatic heterocycles. The minimum absolute atomic E-state index is 0.236. The van der Waals surface area contributed by atoms with E-state index in [9.17, 15) is 4.79 Å². The normalized spacial score (nSPS) is 24.7. The van der Waals surface area contributed by atoms with E-state index in [1.165, 1.54) is 31.4 Å². The third kappa shape index (κ3) is 3.19. The van der Waals surface area contributed by atoms with E-state index in [1.807, 2.05) is 11.8 Å². The van der Waals surface area contributed by atoms with Gasteiger partial charge in [0, 0.05) is 5.92 Å². The average Bonchev–Trinajstić information content (AvgIpc) is 3.11. The summed E-state index contributed by atoms with van der Waals surface area (Å²) in [6.45, 7) is 0. The molecule has 0 N–H and O–H groups in total. The zero-order valence-electron chi connectivity index (χ0n) is 11.1. The Labute approximate surface area is 117 Å². The largest absolute Gasteiger partial charge is 0.339 e. The van der Waals surface area contributed by atoms with Crippen molar-refractivity contribution in [3.05, 3.63) is 11.7 Å². The Kier molecular flexibility index (Phi) is 4.21. The van der Waals surface area contributed by atoms with Crippen molar-refractivity contribution < 1.29 is 9.32 Å². The standard InChI is InChI=1S/C14H20N2O2S/c17-11(10-5-1-2-6-10)9-13-15-14(16-18-13)12-7-3-4-8-19-12/h10,12H,1-9H2. The first-order valence-corrected chi connectivity index (χ1v) is 8.34. The maximum atomic E-state index is 12.1. The predicted octanol–water partition coefficient (Wildman–Crippen LogP) is 3.33. The maximum absolute atomic E-state index is 12.1. The summed E-state index contributed by atoms with van der Waals surface area (Å²) in [5.41, 5.74) is 0. The van der Waals surface area contributed by atoms with Crippen LogP contribution in [0.3, 0.4) is 0 Å². The second kappa shape index (κ2) is 6.07. The van der Waals surface area contributed by atoms with E-state index in [0.29, 0.717) is 17.6 Å². The summed E-state index contributed by atoms with van der Waals surface area (Å²) in [7, 11) is 0. The number of hydrogen-bond donors (Lipinski definition) is 0. The molecule has 0 spiro atoms. The van der Waals surface area contributed by atoms with E-state index in [1.54, 1.807) is 0 Å². The number of ketones is 1. The second-order valence-corrected chi connectivity index (χ2v) is 6.84. The van der Waals surface area contributed by atoms with E-state index in [4.69, 9.17) is 4.52 Å². The van der Waals surface area contributed by atoms with Crippen LogP contribution in [0.15, 0.2) is 4.52 Å². The van der Waals surface area contributed by atoms with Gasteiger partial charge in [0.1, 0.15) is 5.78 Å². The van der Waals surface area contributed by atoms with Gasteiger partial charge in [0.05, 0.1) is 11.7 Å². The molecule has 19 heavy (non-hydrogen) atoms. The molecule has 0 aromatic carbocycles. The number of nitrogens with zero attached hydrogens (tertiary/aromatic N) is 2. The summed E-state index contributed by atoms with van der Waals surface area (Å²) in [5, 5.41) is 4.43. The van der Waals surface area contributed by atoms with Crippen LogP contribution >= 0.6 is 11.8 Å². The van der Waals surface area contributed by atoms with Crippen molar-refractivity contribution in [2.45, 2.75) is 56.6 Å². The third-order valence-electron chi connectivity index (χ3n) is 4.09. The van der Waals surface area contributed by atoms with Crippen molar-refractivity contribution in [2.24, 2.45) is 5.92 Å². The molecule has 1 saturated heterocycles. The third-order valence-corrected chi connectivity index (χ3v) is 5.46. The number of carbonyl (C=O) groups is 1. The molecule has 1 aromatic rings. The Balaban J connectivity index is 1.59. The highest BCUT2D eigenvalue weighted by molar-refractivity contribution is 7.99. The van der Waals surface area contributed by atoms with Crippen LogP contribution in [-0.4, -0.2) is 21.7 Å². The van der Waals surface area contributed by atoms with Gasteiger partial charge in [0.15, 0.2) is 5.82 Å². The molecule has 3 rings (SSSR count). The Morgan fingerprint density at radius 1 is 1.21 bits per heavy atom. The van der Waals surface area contributed by atoms with Crippen LogP contribution < -0.4 is 0 Å². The molecule has 1 aliphatic carbocycles. The van der Waals surface area contributed by atoms with Crippen LogP contribution in [0, 0.1) is 5.92 Å². The molecular formula is C14H20N2O2S. The summed E-state index contributed by atoms with van der Waals surface area (Å²) < 4.78 is 5.25. The fourth-order valence-electron chi connectivity index (χ4n) is 2.96. The van der Waals surface area contributed by atoms with Crippen molar-refractivity contribution >= 4 is 17.5 Å². The molecule has 0 bridgehead atoms. The molecule has 0 radical (unpaired) electrons. The minimum Gasteiger partial charge on any atom is -0.339 e. The van der Waals surface area contributed by atoms with E-state index >= 15 is 0 Å². The number of hydrogen-bond acceptors (Lipinski definition) is 5. The van der Waals surface area contributed by atoms with Crippen molar-refractivity contribution in [2.75, 3.05) is 5.75 Å². The molecule has 5 heteroatoms. The lowest BCUT2D eigenvalue weighted by Gasteiger charge is -2.17. The molecular weight excluding hydrogens is 260 g/mol. The lowest BCUT2D eigenvalue weighted by molar-refractivity contribution is -0.122. The van der Waals surface area contributed by atoms with Gasteiger partial charge in [0.25, 0.3) is 0 Å². The lowest BCUT2D eigenvalue weighted by atomic mass is 10.0. The van der Waals surface area contributed by atoms with Crippen LogP contribution in [0.1, 0.15) is 61.9 Å². The smallest absolute Gasteiger partial charge is 0.234 e. The van der Waals surface area contributed by atoms with Crippen LogP contribution in [0.2, 0.25) is 0 Å². The Morgan fingerprint density at radius 3 is 2.74 bits per heavy atom. The Morgan fingerprint density at radius 2 is 2.00 bits per heavy atom. The zero-order chi connectivity index (χ0) is 13.1. The van der Waals surface area contributed by atoms with E-state index in [0.717, 1.165) is 25.1 Å². The first-order valence-electron chi connectivity index (χ1n) is 7.30. The van der Waals surface area contributed by atoms with Gasteiger partial charge in [0.2, 0.25) is 5.89 Å². The van der Waals surface area contributed by atoms with Gasteiger partial charge >= 0.3 is 0 Å². The number of thioether (sulfide) groups is 1. The molecule has 104 valence electrons. The minimum atomic E-state index is 0.236. The van der Waals surface area contributed by atoms with E-state index in [2.05, 4.69) is 10.1 Å². The molecule has 1 unspecified atom stereocenters. The van der Waals surface area contributed by atoms with Crippen LogP contribution in [0.25, 0.3) is 0 Å². The van der Waals surface area contributed by atoms with Crippen LogP contribution in [0.5, 0.6) is 0 Å². The molecule has 0 amide bonds.